The topological polar surface area (TPSA) is 13.1 Å². The first-order chi connectivity index (χ1) is 6.17. The fraction of sp³-hybridized carbons (Fsp3) is 0.600. The van der Waals surface area contributed by atoms with Crippen molar-refractivity contribution in [1.29, 1.82) is 0 Å². The second kappa shape index (κ2) is 4.92. The molecule has 74 valence electrons. The number of furan rings is 1. The summed E-state index contributed by atoms with van der Waals surface area (Å²) in [5, 5.41) is 0. The molecular weight excluding hydrogens is 207 g/mol. The Hall–Kier alpha value is -0.140. The molecule has 1 nitrogen and oxygen atoms in total. The van der Waals surface area contributed by atoms with Crippen molar-refractivity contribution in [2.45, 2.75) is 32.0 Å². The molecule has 0 aliphatic carbocycles. The van der Waals surface area contributed by atoms with Gasteiger partial charge in [-0.05, 0) is 12.0 Å². The van der Waals surface area contributed by atoms with Crippen molar-refractivity contribution in [3.05, 3.63) is 23.2 Å². The van der Waals surface area contributed by atoms with Crippen LogP contribution < -0.4 is 0 Å². The standard InChI is InChI=1S/C10H14Cl2O/c1-7(2)3-10-8(5-11)4-9(6-12)13-10/h4,7H,3,5-6H2,1-2H3. The smallest absolute Gasteiger partial charge is 0.119 e. The Morgan fingerprint density at radius 2 is 2.00 bits per heavy atom. The minimum absolute atomic E-state index is 0.419. The molecule has 0 amide bonds. The van der Waals surface area contributed by atoms with Crippen molar-refractivity contribution in [2.75, 3.05) is 0 Å². The molecule has 1 aromatic heterocycles. The lowest BCUT2D eigenvalue weighted by Gasteiger charge is -2.02. The molecule has 3 heteroatoms. The van der Waals surface area contributed by atoms with Gasteiger partial charge in [0.1, 0.15) is 11.5 Å². The van der Waals surface area contributed by atoms with E-state index in [0.717, 1.165) is 23.5 Å². The van der Waals surface area contributed by atoms with Crippen molar-refractivity contribution in [3.63, 3.8) is 0 Å². The summed E-state index contributed by atoms with van der Waals surface area (Å²) in [6, 6.07) is 1.94. The Morgan fingerprint density at radius 3 is 2.46 bits per heavy atom. The average Bonchev–Trinajstić information content (AvgIpc) is 2.46. The van der Waals surface area contributed by atoms with Crippen LogP contribution in [0, 0.1) is 5.92 Å². The van der Waals surface area contributed by atoms with Gasteiger partial charge in [-0.25, -0.2) is 0 Å². The van der Waals surface area contributed by atoms with Crippen LogP contribution in [0.15, 0.2) is 10.5 Å². The summed E-state index contributed by atoms with van der Waals surface area (Å²) in [6.45, 7) is 4.31. The van der Waals surface area contributed by atoms with Gasteiger partial charge in [-0.15, -0.1) is 23.2 Å². The van der Waals surface area contributed by atoms with E-state index in [0.29, 0.717) is 17.7 Å². The van der Waals surface area contributed by atoms with Gasteiger partial charge in [0.05, 0.1) is 11.8 Å². The molecule has 0 unspecified atom stereocenters. The minimum atomic E-state index is 0.419. The predicted octanol–water partition coefficient (Wildman–Crippen LogP) is 3.96. The van der Waals surface area contributed by atoms with Gasteiger partial charge >= 0.3 is 0 Å². The molecule has 0 saturated carbocycles. The third-order valence-electron chi connectivity index (χ3n) is 1.82. The number of hydrogen-bond donors (Lipinski definition) is 0. The van der Waals surface area contributed by atoms with E-state index < -0.39 is 0 Å². The first-order valence-electron chi connectivity index (χ1n) is 4.39. The zero-order valence-electron chi connectivity index (χ0n) is 7.94. The first-order valence-corrected chi connectivity index (χ1v) is 5.46. The summed E-state index contributed by atoms with van der Waals surface area (Å²) in [4.78, 5) is 0. The van der Waals surface area contributed by atoms with Crippen molar-refractivity contribution in [3.8, 4) is 0 Å². The molecule has 1 aromatic rings. The molecule has 0 bridgehead atoms. The maximum atomic E-state index is 5.78. The highest BCUT2D eigenvalue weighted by atomic mass is 35.5. The quantitative estimate of drug-likeness (QED) is 0.701. The largest absolute Gasteiger partial charge is 0.464 e. The fourth-order valence-corrected chi connectivity index (χ4v) is 1.61. The molecule has 0 atom stereocenters. The van der Waals surface area contributed by atoms with Gasteiger partial charge < -0.3 is 4.42 Å². The second-order valence-electron chi connectivity index (χ2n) is 3.53. The van der Waals surface area contributed by atoms with Gasteiger partial charge in [0.2, 0.25) is 0 Å². The molecule has 1 heterocycles. The van der Waals surface area contributed by atoms with Crippen LogP contribution in [0.3, 0.4) is 0 Å². The first kappa shape index (κ1) is 10.9. The average molecular weight is 221 g/mol. The van der Waals surface area contributed by atoms with Gasteiger partial charge in [0.15, 0.2) is 0 Å². The number of hydrogen-bond acceptors (Lipinski definition) is 1. The van der Waals surface area contributed by atoms with E-state index in [-0.39, 0.29) is 0 Å². The van der Waals surface area contributed by atoms with E-state index in [1.54, 1.807) is 0 Å². The van der Waals surface area contributed by atoms with Crippen molar-refractivity contribution in [2.24, 2.45) is 5.92 Å². The normalized spacial score (nSPS) is 11.2. The van der Waals surface area contributed by atoms with Crippen LogP contribution in [-0.4, -0.2) is 0 Å². The van der Waals surface area contributed by atoms with E-state index in [1.807, 2.05) is 6.07 Å². The van der Waals surface area contributed by atoms with Crippen LogP contribution in [0.2, 0.25) is 0 Å². The Bertz CT molecular complexity index is 266. The lowest BCUT2D eigenvalue weighted by Crippen LogP contribution is -1.94. The summed E-state index contributed by atoms with van der Waals surface area (Å²) in [5.74, 6) is 3.30. The van der Waals surface area contributed by atoms with E-state index in [2.05, 4.69) is 13.8 Å². The van der Waals surface area contributed by atoms with E-state index >= 15 is 0 Å². The number of rotatable bonds is 4. The minimum Gasteiger partial charge on any atom is -0.464 e. The summed E-state index contributed by atoms with van der Waals surface area (Å²) in [6.07, 6.45) is 0.930. The van der Waals surface area contributed by atoms with Crippen LogP contribution >= 0.6 is 23.2 Å². The van der Waals surface area contributed by atoms with Crippen molar-refractivity contribution >= 4 is 23.2 Å². The number of halogens is 2. The highest BCUT2D eigenvalue weighted by Gasteiger charge is 2.10. The molecule has 0 aromatic carbocycles. The Morgan fingerprint density at radius 1 is 1.31 bits per heavy atom. The highest BCUT2D eigenvalue weighted by molar-refractivity contribution is 6.17. The molecule has 0 saturated heterocycles. The highest BCUT2D eigenvalue weighted by Crippen LogP contribution is 2.21. The summed E-state index contributed by atoms with van der Waals surface area (Å²) < 4.78 is 5.55. The second-order valence-corrected chi connectivity index (χ2v) is 4.06. The van der Waals surface area contributed by atoms with E-state index in [4.69, 9.17) is 27.6 Å². The molecule has 1 rings (SSSR count). The lowest BCUT2D eigenvalue weighted by molar-refractivity contribution is 0.447. The zero-order chi connectivity index (χ0) is 9.84. The molecule has 0 radical (unpaired) electrons. The summed E-state index contributed by atoms with van der Waals surface area (Å²) >= 11 is 11.5. The molecule has 0 spiro atoms. The van der Waals surface area contributed by atoms with Crippen LogP contribution in [-0.2, 0) is 18.2 Å². The third-order valence-corrected chi connectivity index (χ3v) is 2.37. The fourth-order valence-electron chi connectivity index (χ4n) is 1.25. The van der Waals surface area contributed by atoms with E-state index in [1.165, 1.54) is 0 Å². The van der Waals surface area contributed by atoms with Crippen LogP contribution in [0.25, 0.3) is 0 Å². The van der Waals surface area contributed by atoms with Gasteiger partial charge in [-0.2, -0.15) is 0 Å². The predicted molar refractivity (Wildman–Crippen MR) is 56.4 cm³/mol. The monoisotopic (exact) mass is 220 g/mol. The molecule has 13 heavy (non-hydrogen) atoms. The Labute approximate surface area is 89.0 Å². The maximum absolute atomic E-state index is 5.78. The van der Waals surface area contributed by atoms with Gasteiger partial charge in [-0.3, -0.25) is 0 Å². The van der Waals surface area contributed by atoms with Crippen molar-refractivity contribution < 1.29 is 4.42 Å². The molecule has 0 aliphatic rings. The van der Waals surface area contributed by atoms with Gasteiger partial charge in [0, 0.05) is 12.0 Å². The Kier molecular flexibility index (Phi) is 4.14. The SMILES string of the molecule is CC(C)Cc1oc(CCl)cc1CCl. The lowest BCUT2D eigenvalue weighted by atomic mass is 10.1. The molecular formula is C10H14Cl2O. The van der Waals surface area contributed by atoms with Gasteiger partial charge in [0.25, 0.3) is 0 Å². The third kappa shape index (κ3) is 2.92. The molecule has 0 fully saturated rings. The van der Waals surface area contributed by atoms with Crippen LogP contribution in [0.1, 0.15) is 30.9 Å². The maximum Gasteiger partial charge on any atom is 0.119 e. The summed E-state index contributed by atoms with van der Waals surface area (Å²) in [7, 11) is 0. The van der Waals surface area contributed by atoms with Gasteiger partial charge in [-0.1, -0.05) is 13.8 Å². The van der Waals surface area contributed by atoms with Crippen molar-refractivity contribution in [1.82, 2.24) is 0 Å². The molecule has 0 N–H and O–H groups in total. The number of alkyl halides is 2. The van der Waals surface area contributed by atoms with E-state index in [9.17, 15) is 0 Å². The summed E-state index contributed by atoms with van der Waals surface area (Å²) in [5.41, 5.74) is 1.08. The Balaban J connectivity index is 2.84. The zero-order valence-corrected chi connectivity index (χ0v) is 9.45. The molecule has 0 aliphatic heterocycles. The van der Waals surface area contributed by atoms with Crippen LogP contribution in [0.5, 0.6) is 0 Å². The van der Waals surface area contributed by atoms with Crippen LogP contribution in [0.4, 0.5) is 0 Å².